The third kappa shape index (κ3) is 3.56. The molecule has 0 saturated carbocycles. The van der Waals surface area contributed by atoms with Gasteiger partial charge in [0.1, 0.15) is 5.69 Å². The van der Waals surface area contributed by atoms with Gasteiger partial charge < -0.3 is 9.30 Å². The van der Waals surface area contributed by atoms with Gasteiger partial charge in [0.25, 0.3) is 0 Å². The number of sulfone groups is 1. The summed E-state index contributed by atoms with van der Waals surface area (Å²) in [6.45, 7) is 2.48. The van der Waals surface area contributed by atoms with Gasteiger partial charge in [-0.2, -0.15) is 0 Å². The maximum absolute atomic E-state index is 13.1. The highest BCUT2D eigenvalue weighted by Gasteiger charge is 2.37. The number of methoxy groups -OCH3 is 1. The number of carbonyl (C=O) groups is 2. The lowest BCUT2D eigenvalue weighted by atomic mass is 10.0. The summed E-state index contributed by atoms with van der Waals surface area (Å²) in [6, 6.07) is 8.69. The van der Waals surface area contributed by atoms with E-state index in [0.29, 0.717) is 24.2 Å². The number of rotatable bonds is 6. The molecule has 2 aromatic rings. The van der Waals surface area contributed by atoms with Gasteiger partial charge in [0.05, 0.1) is 17.9 Å². The van der Waals surface area contributed by atoms with Gasteiger partial charge in [0, 0.05) is 24.1 Å². The molecule has 2 heterocycles. The molecule has 1 aliphatic heterocycles. The van der Waals surface area contributed by atoms with E-state index >= 15 is 0 Å². The van der Waals surface area contributed by atoms with Crippen molar-refractivity contribution in [2.45, 2.75) is 43.5 Å². The van der Waals surface area contributed by atoms with Gasteiger partial charge in [0.15, 0.2) is 9.84 Å². The van der Waals surface area contributed by atoms with E-state index in [9.17, 15) is 18.0 Å². The number of hydrogen-bond acceptors (Lipinski definition) is 5. The monoisotopic (exact) mass is 389 g/mol. The number of fused-ring (bicyclic) bond motifs is 1. The van der Waals surface area contributed by atoms with Crippen LogP contribution in [0.15, 0.2) is 35.2 Å². The van der Waals surface area contributed by atoms with Crippen molar-refractivity contribution in [3.8, 4) is 0 Å². The highest BCUT2D eigenvalue weighted by Crippen LogP contribution is 2.36. The van der Waals surface area contributed by atoms with Crippen LogP contribution in [0.1, 0.15) is 53.0 Å². The fourth-order valence-electron chi connectivity index (χ4n) is 3.62. The summed E-state index contributed by atoms with van der Waals surface area (Å²) in [5.41, 5.74) is 2.21. The average Bonchev–Trinajstić information content (AvgIpc) is 3.20. The first-order chi connectivity index (χ1) is 12.8. The van der Waals surface area contributed by atoms with E-state index < -0.39 is 21.7 Å². The van der Waals surface area contributed by atoms with Gasteiger partial charge in [-0.3, -0.25) is 9.59 Å². The predicted octanol–water partition coefficient (Wildman–Crippen LogP) is 2.74. The highest BCUT2D eigenvalue weighted by atomic mass is 32.2. The Labute approximate surface area is 159 Å². The predicted molar refractivity (Wildman–Crippen MR) is 101 cm³/mol. The number of benzene rings is 1. The van der Waals surface area contributed by atoms with Gasteiger partial charge in [0.2, 0.25) is 5.78 Å². The molecule has 0 N–H and O–H groups in total. The van der Waals surface area contributed by atoms with Gasteiger partial charge in [-0.1, -0.05) is 37.6 Å². The Morgan fingerprint density at radius 3 is 2.44 bits per heavy atom. The van der Waals surface area contributed by atoms with Gasteiger partial charge >= 0.3 is 5.97 Å². The zero-order valence-electron chi connectivity index (χ0n) is 15.7. The van der Waals surface area contributed by atoms with Crippen LogP contribution in [-0.4, -0.2) is 38.1 Å². The number of carbonyl (C=O) groups excluding carboxylic acids is 2. The topological polar surface area (TPSA) is 82.4 Å². The summed E-state index contributed by atoms with van der Waals surface area (Å²) in [6.07, 6.45) is 3.49. The molecule has 1 aromatic heterocycles. The van der Waals surface area contributed by atoms with Crippen LogP contribution in [0, 0.1) is 0 Å². The van der Waals surface area contributed by atoms with Crippen LogP contribution < -0.4 is 0 Å². The number of aromatic nitrogens is 1. The van der Waals surface area contributed by atoms with Gasteiger partial charge in [-0.15, -0.1) is 0 Å². The van der Waals surface area contributed by atoms with Crippen molar-refractivity contribution in [1.82, 2.24) is 4.57 Å². The minimum Gasteiger partial charge on any atom is -0.469 e. The molecule has 27 heavy (non-hydrogen) atoms. The minimum atomic E-state index is -3.63. The molecule has 0 amide bonds. The van der Waals surface area contributed by atoms with Crippen molar-refractivity contribution in [2.24, 2.45) is 0 Å². The molecule has 1 aromatic carbocycles. The molecule has 0 radical (unpaired) electrons. The largest absolute Gasteiger partial charge is 0.469 e. The number of ketones is 1. The Balaban J connectivity index is 2.09. The molecule has 0 spiro atoms. The molecule has 0 bridgehead atoms. The second-order valence-corrected chi connectivity index (χ2v) is 8.83. The smallest absolute Gasteiger partial charge is 0.314 e. The second kappa shape index (κ2) is 7.31. The molecule has 1 aliphatic rings. The summed E-state index contributed by atoms with van der Waals surface area (Å²) >= 11 is 0. The van der Waals surface area contributed by atoms with E-state index in [4.69, 9.17) is 4.74 Å². The summed E-state index contributed by atoms with van der Waals surface area (Å²) < 4.78 is 31.1. The maximum atomic E-state index is 13.1. The van der Waals surface area contributed by atoms with Crippen LogP contribution in [0.3, 0.4) is 0 Å². The summed E-state index contributed by atoms with van der Waals surface area (Å²) in [7, 11) is -2.33. The van der Waals surface area contributed by atoms with Crippen LogP contribution in [0.2, 0.25) is 0 Å². The molecule has 7 heteroatoms. The Bertz CT molecular complexity index is 986. The second-order valence-electron chi connectivity index (χ2n) is 6.85. The number of nitrogens with zero attached hydrogens (tertiary/aromatic N) is 1. The fraction of sp³-hybridized carbons (Fsp3) is 0.400. The van der Waals surface area contributed by atoms with Crippen LogP contribution in [0.4, 0.5) is 0 Å². The zero-order valence-corrected chi connectivity index (χ0v) is 16.5. The van der Waals surface area contributed by atoms with E-state index in [-0.39, 0.29) is 16.4 Å². The molecule has 1 atom stereocenters. The number of esters is 1. The summed E-state index contributed by atoms with van der Waals surface area (Å²) in [5.74, 6) is -1.33. The maximum Gasteiger partial charge on any atom is 0.314 e. The number of aryl methyl sites for hydroxylation is 1. The van der Waals surface area contributed by atoms with Crippen molar-refractivity contribution in [3.05, 3.63) is 52.8 Å². The average molecular weight is 389 g/mol. The lowest BCUT2D eigenvalue weighted by Gasteiger charge is -2.09. The third-order valence-electron chi connectivity index (χ3n) is 4.95. The van der Waals surface area contributed by atoms with Crippen LogP contribution in [-0.2, 0) is 32.3 Å². The van der Waals surface area contributed by atoms with Crippen LogP contribution >= 0.6 is 0 Å². The SMILES string of the molecule is CCCc1ccc(C(=O)c2c(S(C)(=O)=O)cc3n2CCC3C(=O)OC)cc1. The molecule has 6 nitrogen and oxygen atoms in total. The molecular weight excluding hydrogens is 366 g/mol. The number of ether oxygens (including phenoxy) is 1. The molecule has 0 fully saturated rings. The zero-order chi connectivity index (χ0) is 19.8. The van der Waals surface area contributed by atoms with Crippen molar-refractivity contribution < 1.29 is 22.7 Å². The quantitative estimate of drug-likeness (QED) is 0.560. The van der Waals surface area contributed by atoms with Crippen molar-refractivity contribution >= 4 is 21.6 Å². The van der Waals surface area contributed by atoms with Crippen molar-refractivity contribution in [2.75, 3.05) is 13.4 Å². The minimum absolute atomic E-state index is 0.0336. The highest BCUT2D eigenvalue weighted by molar-refractivity contribution is 7.90. The Hall–Kier alpha value is -2.41. The Morgan fingerprint density at radius 2 is 1.89 bits per heavy atom. The van der Waals surface area contributed by atoms with Gasteiger partial charge in [-0.25, -0.2) is 8.42 Å². The number of hydrogen-bond donors (Lipinski definition) is 0. The normalized spacial score (nSPS) is 16.2. The molecular formula is C20H23NO5S. The van der Waals surface area contributed by atoms with E-state index in [1.807, 2.05) is 12.1 Å². The Morgan fingerprint density at radius 1 is 1.22 bits per heavy atom. The molecule has 0 saturated heterocycles. The van der Waals surface area contributed by atoms with Crippen molar-refractivity contribution in [1.29, 1.82) is 0 Å². The van der Waals surface area contributed by atoms with Gasteiger partial charge in [-0.05, 0) is 24.5 Å². The van der Waals surface area contributed by atoms with Crippen molar-refractivity contribution in [3.63, 3.8) is 0 Å². The van der Waals surface area contributed by atoms with E-state index in [0.717, 1.165) is 24.7 Å². The third-order valence-corrected chi connectivity index (χ3v) is 6.06. The van der Waals surface area contributed by atoms with Crippen LogP contribution in [0.5, 0.6) is 0 Å². The first-order valence-electron chi connectivity index (χ1n) is 8.92. The lowest BCUT2D eigenvalue weighted by molar-refractivity contribution is -0.142. The standard InChI is InChI=1S/C20H23NO5S/c1-4-5-13-6-8-14(9-7-13)19(22)18-17(27(3,24)25)12-16-15(20(23)26-2)10-11-21(16)18/h6-9,12,15H,4-5,10-11H2,1-3H3. The first-order valence-corrected chi connectivity index (χ1v) is 10.8. The lowest BCUT2D eigenvalue weighted by Crippen LogP contribution is -2.13. The fourth-order valence-corrected chi connectivity index (χ4v) is 4.51. The molecule has 1 unspecified atom stereocenters. The van der Waals surface area contributed by atoms with Crippen LogP contribution in [0.25, 0.3) is 0 Å². The Kier molecular flexibility index (Phi) is 5.24. The summed E-state index contributed by atoms with van der Waals surface area (Å²) in [4.78, 5) is 25.1. The van der Waals surface area contributed by atoms with E-state index in [1.165, 1.54) is 13.2 Å². The summed E-state index contributed by atoms with van der Waals surface area (Å²) in [5, 5.41) is 0. The first kappa shape index (κ1) is 19.4. The molecule has 0 aliphatic carbocycles. The molecule has 3 rings (SSSR count). The van der Waals surface area contributed by atoms with E-state index in [2.05, 4.69) is 6.92 Å². The van der Waals surface area contributed by atoms with E-state index in [1.54, 1.807) is 16.7 Å². The molecule has 144 valence electrons.